The largest absolute Gasteiger partial charge is 0.379 e. The fourth-order valence-corrected chi connectivity index (χ4v) is 2.73. The quantitative estimate of drug-likeness (QED) is 0.811. The Morgan fingerprint density at radius 2 is 2.26 bits per heavy atom. The number of hydrogen-bond donors (Lipinski definition) is 0. The van der Waals surface area contributed by atoms with Gasteiger partial charge in [-0.05, 0) is 12.5 Å². The Kier molecular flexibility index (Phi) is 3.41. The maximum absolute atomic E-state index is 13.8. The smallest absolute Gasteiger partial charge is 0.153 e. The predicted molar refractivity (Wildman–Crippen MR) is 68.5 cm³/mol. The molecule has 1 atom stereocenters. The summed E-state index contributed by atoms with van der Waals surface area (Å²) < 4.78 is 34.4. The maximum Gasteiger partial charge on any atom is 0.153 e. The van der Waals surface area contributed by atoms with Crippen LogP contribution >= 0.6 is 11.6 Å². The number of hydrogen-bond acceptors (Lipinski definition) is 2. The summed E-state index contributed by atoms with van der Waals surface area (Å²) in [7, 11) is 0. The van der Waals surface area contributed by atoms with Crippen LogP contribution in [0.1, 0.15) is 18.3 Å². The summed E-state index contributed by atoms with van der Waals surface area (Å²) in [4.78, 5) is 4.27. The second-order valence-electron chi connectivity index (χ2n) is 4.61. The van der Waals surface area contributed by atoms with E-state index in [-0.39, 0.29) is 11.6 Å². The summed E-state index contributed by atoms with van der Waals surface area (Å²) in [6.45, 7) is 1.20. The van der Waals surface area contributed by atoms with Crippen molar-refractivity contribution in [2.75, 3.05) is 19.1 Å². The SMILES string of the molecule is Fc1cc(F)c2nc(CCCl)n(C3CCOC3)c2c1. The lowest BCUT2D eigenvalue weighted by molar-refractivity contribution is 0.186. The van der Waals surface area contributed by atoms with Crippen LogP contribution in [-0.2, 0) is 11.2 Å². The first-order valence-electron chi connectivity index (χ1n) is 6.20. The molecule has 1 aliphatic rings. The molecule has 0 bridgehead atoms. The Hall–Kier alpha value is -1.20. The average molecular weight is 287 g/mol. The number of halogens is 3. The first kappa shape index (κ1) is 12.8. The second-order valence-corrected chi connectivity index (χ2v) is 4.99. The second kappa shape index (κ2) is 5.06. The minimum Gasteiger partial charge on any atom is -0.379 e. The van der Waals surface area contributed by atoms with Gasteiger partial charge in [-0.3, -0.25) is 0 Å². The van der Waals surface area contributed by atoms with Crippen molar-refractivity contribution in [1.29, 1.82) is 0 Å². The number of alkyl halides is 1. The van der Waals surface area contributed by atoms with E-state index in [0.717, 1.165) is 12.5 Å². The molecule has 0 radical (unpaired) electrons. The van der Waals surface area contributed by atoms with Gasteiger partial charge in [-0.2, -0.15) is 0 Å². The van der Waals surface area contributed by atoms with Crippen molar-refractivity contribution in [3.63, 3.8) is 0 Å². The normalized spacial score (nSPS) is 19.4. The summed E-state index contributed by atoms with van der Waals surface area (Å²) in [6.07, 6.45) is 1.34. The zero-order valence-corrected chi connectivity index (χ0v) is 11.0. The molecule has 0 aliphatic carbocycles. The summed E-state index contributed by atoms with van der Waals surface area (Å²) in [5.74, 6) is -0.156. The lowest BCUT2D eigenvalue weighted by Crippen LogP contribution is -2.12. The van der Waals surface area contributed by atoms with Gasteiger partial charge in [0.1, 0.15) is 17.2 Å². The molecular weight excluding hydrogens is 274 g/mol. The molecule has 3 rings (SSSR count). The van der Waals surface area contributed by atoms with Crippen molar-refractivity contribution in [2.45, 2.75) is 18.9 Å². The molecule has 1 aliphatic heterocycles. The van der Waals surface area contributed by atoms with Gasteiger partial charge in [-0.25, -0.2) is 13.8 Å². The molecule has 19 heavy (non-hydrogen) atoms. The third-order valence-corrected chi connectivity index (χ3v) is 3.56. The molecule has 0 amide bonds. The molecule has 0 saturated carbocycles. The Morgan fingerprint density at radius 1 is 1.42 bits per heavy atom. The molecule has 1 aromatic heterocycles. The molecule has 0 N–H and O–H groups in total. The number of ether oxygens (including phenoxy) is 1. The number of aryl methyl sites for hydroxylation is 1. The number of rotatable bonds is 3. The van der Waals surface area contributed by atoms with Crippen LogP contribution < -0.4 is 0 Å². The Labute approximate surface area is 114 Å². The van der Waals surface area contributed by atoms with Crippen LogP contribution in [0.3, 0.4) is 0 Å². The average Bonchev–Trinajstić information content (AvgIpc) is 2.96. The highest BCUT2D eigenvalue weighted by Crippen LogP contribution is 2.29. The zero-order valence-electron chi connectivity index (χ0n) is 10.2. The maximum atomic E-state index is 13.8. The Balaban J connectivity index is 2.21. The molecule has 102 valence electrons. The van der Waals surface area contributed by atoms with E-state index in [0.29, 0.717) is 36.9 Å². The van der Waals surface area contributed by atoms with E-state index in [1.807, 2.05) is 4.57 Å². The van der Waals surface area contributed by atoms with Gasteiger partial charge in [0, 0.05) is 25.0 Å². The van der Waals surface area contributed by atoms with Crippen molar-refractivity contribution >= 4 is 22.6 Å². The topological polar surface area (TPSA) is 27.1 Å². The lowest BCUT2D eigenvalue weighted by Gasteiger charge is -2.14. The van der Waals surface area contributed by atoms with Crippen LogP contribution in [0.4, 0.5) is 8.78 Å². The molecule has 2 heterocycles. The molecular formula is C13H13ClF2N2O. The molecule has 0 spiro atoms. The summed E-state index contributed by atoms with van der Waals surface area (Å²) in [6, 6.07) is 2.25. The lowest BCUT2D eigenvalue weighted by atomic mass is 10.2. The predicted octanol–water partition coefficient (Wildman–Crippen LogP) is 3.06. The number of benzene rings is 1. The highest BCUT2D eigenvalue weighted by Gasteiger charge is 2.24. The van der Waals surface area contributed by atoms with E-state index in [2.05, 4.69) is 4.98 Å². The van der Waals surface area contributed by atoms with Gasteiger partial charge in [-0.15, -0.1) is 11.6 Å². The number of fused-ring (bicyclic) bond motifs is 1. The third kappa shape index (κ3) is 2.21. The molecule has 6 heteroatoms. The summed E-state index contributed by atoms with van der Waals surface area (Å²) in [5, 5.41) is 0. The summed E-state index contributed by atoms with van der Waals surface area (Å²) >= 11 is 5.76. The van der Waals surface area contributed by atoms with E-state index in [1.165, 1.54) is 6.07 Å². The van der Waals surface area contributed by atoms with Crippen LogP contribution in [0.2, 0.25) is 0 Å². The van der Waals surface area contributed by atoms with E-state index in [4.69, 9.17) is 16.3 Å². The Morgan fingerprint density at radius 3 is 2.95 bits per heavy atom. The number of aromatic nitrogens is 2. The molecule has 1 unspecified atom stereocenters. The molecule has 1 fully saturated rings. The Bertz CT molecular complexity index is 608. The van der Waals surface area contributed by atoms with E-state index in [9.17, 15) is 8.78 Å². The van der Waals surface area contributed by atoms with Crippen LogP contribution in [0.5, 0.6) is 0 Å². The van der Waals surface area contributed by atoms with Crippen molar-refractivity contribution in [3.05, 3.63) is 29.6 Å². The van der Waals surface area contributed by atoms with E-state index < -0.39 is 11.6 Å². The molecule has 3 nitrogen and oxygen atoms in total. The van der Waals surface area contributed by atoms with E-state index >= 15 is 0 Å². The van der Waals surface area contributed by atoms with Crippen LogP contribution in [-0.4, -0.2) is 28.6 Å². The van der Waals surface area contributed by atoms with Gasteiger partial charge in [0.15, 0.2) is 5.82 Å². The van der Waals surface area contributed by atoms with Gasteiger partial charge in [-0.1, -0.05) is 0 Å². The fraction of sp³-hybridized carbons (Fsp3) is 0.462. The first-order chi connectivity index (χ1) is 9.20. The van der Waals surface area contributed by atoms with Crippen LogP contribution in [0, 0.1) is 11.6 Å². The van der Waals surface area contributed by atoms with Crippen molar-refractivity contribution < 1.29 is 13.5 Å². The standard InChI is InChI=1S/C13H13ClF2N2O/c14-3-1-12-17-13-10(16)5-8(15)6-11(13)18(12)9-2-4-19-7-9/h5-6,9H,1-4,7H2. The molecule has 1 aromatic carbocycles. The monoisotopic (exact) mass is 286 g/mol. The molecule has 1 saturated heterocycles. The van der Waals surface area contributed by atoms with Crippen molar-refractivity contribution in [1.82, 2.24) is 9.55 Å². The minimum atomic E-state index is -0.636. The third-order valence-electron chi connectivity index (χ3n) is 3.38. The highest BCUT2D eigenvalue weighted by atomic mass is 35.5. The van der Waals surface area contributed by atoms with Gasteiger partial charge >= 0.3 is 0 Å². The first-order valence-corrected chi connectivity index (χ1v) is 6.73. The van der Waals surface area contributed by atoms with Gasteiger partial charge in [0.2, 0.25) is 0 Å². The molecule has 2 aromatic rings. The van der Waals surface area contributed by atoms with Crippen molar-refractivity contribution in [2.24, 2.45) is 0 Å². The number of imidazole rings is 1. The highest BCUT2D eigenvalue weighted by molar-refractivity contribution is 6.17. The van der Waals surface area contributed by atoms with Gasteiger partial charge < -0.3 is 9.30 Å². The summed E-state index contributed by atoms with van der Waals surface area (Å²) in [5.41, 5.74) is 0.682. The fourth-order valence-electron chi connectivity index (χ4n) is 2.56. The van der Waals surface area contributed by atoms with Crippen molar-refractivity contribution in [3.8, 4) is 0 Å². The van der Waals surface area contributed by atoms with Gasteiger partial charge in [0.25, 0.3) is 0 Å². The van der Waals surface area contributed by atoms with Crippen LogP contribution in [0.25, 0.3) is 11.0 Å². The number of nitrogens with zero attached hydrogens (tertiary/aromatic N) is 2. The minimum absolute atomic E-state index is 0.0735. The van der Waals surface area contributed by atoms with Crippen LogP contribution in [0.15, 0.2) is 12.1 Å². The van der Waals surface area contributed by atoms with E-state index in [1.54, 1.807) is 0 Å². The van der Waals surface area contributed by atoms with Gasteiger partial charge in [0.05, 0.1) is 18.2 Å². The zero-order chi connectivity index (χ0) is 13.4.